The number of para-hydroxylation sites is 1. The van der Waals surface area contributed by atoms with Crippen molar-refractivity contribution in [2.75, 3.05) is 38.6 Å². The molecule has 168 valence electrons. The number of hydrogen-bond donors (Lipinski definition) is 2. The third-order valence-corrected chi connectivity index (χ3v) is 6.00. The van der Waals surface area contributed by atoms with Crippen LogP contribution in [0.25, 0.3) is 10.9 Å². The third kappa shape index (κ3) is 5.56. The SMILES string of the molecule is COc1ccc(Nc2cc(C(=O)NCCCN3CCC[C@@H](C)C3)c3ccccc3n2)cc1. The molecule has 1 atom stereocenters. The fourth-order valence-corrected chi connectivity index (χ4v) is 4.34. The highest BCUT2D eigenvalue weighted by Gasteiger charge is 2.16. The summed E-state index contributed by atoms with van der Waals surface area (Å²) < 4.78 is 5.22. The first-order valence-corrected chi connectivity index (χ1v) is 11.4. The summed E-state index contributed by atoms with van der Waals surface area (Å²) in [5.74, 6) is 2.15. The first-order valence-electron chi connectivity index (χ1n) is 11.4. The second-order valence-corrected chi connectivity index (χ2v) is 8.58. The molecule has 1 fully saturated rings. The Morgan fingerprint density at radius 2 is 2.00 bits per heavy atom. The number of carbonyl (C=O) groups is 1. The third-order valence-electron chi connectivity index (χ3n) is 6.00. The highest BCUT2D eigenvalue weighted by atomic mass is 16.5. The van der Waals surface area contributed by atoms with Gasteiger partial charge in [-0.05, 0) is 74.7 Å². The van der Waals surface area contributed by atoms with Gasteiger partial charge >= 0.3 is 0 Å². The van der Waals surface area contributed by atoms with Crippen molar-refractivity contribution in [3.63, 3.8) is 0 Å². The highest BCUT2D eigenvalue weighted by Crippen LogP contribution is 2.24. The first-order chi connectivity index (χ1) is 15.6. The normalized spacial score (nSPS) is 16.6. The monoisotopic (exact) mass is 432 g/mol. The number of rotatable bonds is 8. The molecule has 2 aromatic carbocycles. The maximum atomic E-state index is 13.1. The van der Waals surface area contributed by atoms with Crippen molar-refractivity contribution < 1.29 is 9.53 Å². The van der Waals surface area contributed by atoms with Gasteiger partial charge in [0.05, 0.1) is 18.2 Å². The van der Waals surface area contributed by atoms with Crippen LogP contribution >= 0.6 is 0 Å². The number of aromatic nitrogens is 1. The summed E-state index contributed by atoms with van der Waals surface area (Å²) in [6, 6.07) is 17.2. The Morgan fingerprint density at radius 1 is 1.19 bits per heavy atom. The predicted molar refractivity (Wildman–Crippen MR) is 130 cm³/mol. The van der Waals surface area contributed by atoms with Crippen molar-refractivity contribution in [3.8, 4) is 5.75 Å². The molecule has 2 heterocycles. The van der Waals surface area contributed by atoms with E-state index in [1.807, 2.05) is 54.6 Å². The summed E-state index contributed by atoms with van der Waals surface area (Å²) in [6.45, 7) is 6.37. The zero-order valence-corrected chi connectivity index (χ0v) is 18.9. The number of nitrogens with zero attached hydrogens (tertiary/aromatic N) is 2. The van der Waals surface area contributed by atoms with Gasteiger partial charge in [0.25, 0.3) is 5.91 Å². The number of pyridine rings is 1. The summed E-state index contributed by atoms with van der Waals surface area (Å²) >= 11 is 0. The van der Waals surface area contributed by atoms with Gasteiger partial charge in [0.2, 0.25) is 0 Å². The Hall–Kier alpha value is -3.12. The molecule has 0 bridgehead atoms. The lowest BCUT2D eigenvalue weighted by atomic mass is 10.0. The topological polar surface area (TPSA) is 66.5 Å². The molecule has 0 aliphatic carbocycles. The number of hydrogen-bond acceptors (Lipinski definition) is 5. The molecule has 6 nitrogen and oxygen atoms in total. The van der Waals surface area contributed by atoms with Crippen molar-refractivity contribution >= 4 is 28.3 Å². The molecule has 0 radical (unpaired) electrons. The number of amides is 1. The molecule has 1 saturated heterocycles. The van der Waals surface area contributed by atoms with E-state index >= 15 is 0 Å². The van der Waals surface area contributed by atoms with Crippen LogP contribution in [0.4, 0.5) is 11.5 Å². The molecule has 1 aliphatic heterocycles. The highest BCUT2D eigenvalue weighted by molar-refractivity contribution is 6.07. The van der Waals surface area contributed by atoms with Crippen molar-refractivity contribution in [1.82, 2.24) is 15.2 Å². The summed E-state index contributed by atoms with van der Waals surface area (Å²) in [4.78, 5) is 20.3. The molecule has 4 rings (SSSR count). The van der Waals surface area contributed by atoms with E-state index < -0.39 is 0 Å². The minimum Gasteiger partial charge on any atom is -0.497 e. The predicted octanol–water partition coefficient (Wildman–Crippen LogP) is 4.84. The molecule has 6 heteroatoms. The summed E-state index contributed by atoms with van der Waals surface area (Å²) in [6.07, 6.45) is 3.56. The fraction of sp³-hybridized carbons (Fsp3) is 0.385. The second kappa shape index (κ2) is 10.5. The molecule has 0 saturated carbocycles. The van der Waals surface area contributed by atoms with Crippen molar-refractivity contribution in [2.24, 2.45) is 5.92 Å². The molecule has 1 aliphatic rings. The van der Waals surface area contributed by atoms with Crippen molar-refractivity contribution in [3.05, 3.63) is 60.2 Å². The fourth-order valence-electron chi connectivity index (χ4n) is 4.34. The smallest absolute Gasteiger partial charge is 0.252 e. The lowest BCUT2D eigenvalue weighted by molar-refractivity contribution is 0.0951. The zero-order valence-electron chi connectivity index (χ0n) is 18.9. The van der Waals surface area contributed by atoms with Gasteiger partial charge in [-0.15, -0.1) is 0 Å². The standard InChI is InChI=1S/C26H32N4O2/c1-19-7-5-15-30(18-19)16-6-14-27-26(31)23-17-25(29-24-9-4-3-8-22(23)24)28-20-10-12-21(32-2)13-11-20/h3-4,8-13,17,19H,5-7,14-16,18H2,1-2H3,(H,27,31)(H,28,29)/t19-/m1/s1. The number of ether oxygens (including phenoxy) is 1. The van der Waals surface area contributed by atoms with Gasteiger partial charge in [0.15, 0.2) is 0 Å². The largest absolute Gasteiger partial charge is 0.497 e. The number of nitrogens with one attached hydrogen (secondary N) is 2. The van der Waals surface area contributed by atoms with Crippen LogP contribution in [0.1, 0.15) is 36.5 Å². The Bertz CT molecular complexity index is 1050. The summed E-state index contributed by atoms with van der Waals surface area (Å²) in [5.41, 5.74) is 2.31. The first kappa shape index (κ1) is 22.1. The maximum absolute atomic E-state index is 13.1. The lowest BCUT2D eigenvalue weighted by Crippen LogP contribution is -2.36. The Labute approximate surface area is 190 Å². The van der Waals surface area contributed by atoms with Crippen LogP contribution in [0.5, 0.6) is 5.75 Å². The van der Waals surface area contributed by atoms with E-state index in [1.165, 1.54) is 25.9 Å². The van der Waals surface area contributed by atoms with Crippen LogP contribution in [-0.2, 0) is 0 Å². The van der Waals surface area contributed by atoms with E-state index in [-0.39, 0.29) is 5.91 Å². The van der Waals surface area contributed by atoms with Crippen LogP contribution in [-0.4, -0.2) is 49.1 Å². The van der Waals surface area contributed by atoms with E-state index in [1.54, 1.807) is 7.11 Å². The number of methoxy groups -OCH3 is 1. The van der Waals surface area contributed by atoms with E-state index in [4.69, 9.17) is 9.72 Å². The van der Waals surface area contributed by atoms with Gasteiger partial charge in [-0.3, -0.25) is 4.79 Å². The minimum absolute atomic E-state index is 0.0617. The number of carbonyl (C=O) groups excluding carboxylic acids is 1. The van der Waals surface area contributed by atoms with Gasteiger partial charge in [0, 0.05) is 24.2 Å². The number of likely N-dealkylation sites (tertiary alicyclic amines) is 1. The second-order valence-electron chi connectivity index (χ2n) is 8.58. The van der Waals surface area contributed by atoms with Crippen LogP contribution in [0.15, 0.2) is 54.6 Å². The number of benzene rings is 2. The average molecular weight is 433 g/mol. The van der Waals surface area contributed by atoms with Crippen LogP contribution < -0.4 is 15.4 Å². The number of fused-ring (bicyclic) bond motifs is 1. The molecular weight excluding hydrogens is 400 g/mol. The van der Waals surface area contributed by atoms with Gasteiger partial charge in [-0.2, -0.15) is 0 Å². The Kier molecular flexibility index (Phi) is 7.22. The molecule has 0 spiro atoms. The molecule has 3 aromatic rings. The molecule has 1 amide bonds. The number of piperidine rings is 1. The Morgan fingerprint density at radius 3 is 2.78 bits per heavy atom. The van der Waals surface area contributed by atoms with Crippen LogP contribution in [0.3, 0.4) is 0 Å². The lowest BCUT2D eigenvalue weighted by Gasteiger charge is -2.30. The van der Waals surface area contributed by atoms with Gasteiger partial charge in [-0.25, -0.2) is 4.98 Å². The summed E-state index contributed by atoms with van der Waals surface area (Å²) in [7, 11) is 1.64. The minimum atomic E-state index is -0.0617. The molecule has 2 N–H and O–H groups in total. The van der Waals surface area contributed by atoms with Gasteiger partial charge in [0.1, 0.15) is 11.6 Å². The van der Waals surface area contributed by atoms with Gasteiger partial charge < -0.3 is 20.3 Å². The van der Waals surface area contributed by atoms with E-state index in [0.29, 0.717) is 17.9 Å². The maximum Gasteiger partial charge on any atom is 0.252 e. The van der Waals surface area contributed by atoms with Crippen LogP contribution in [0.2, 0.25) is 0 Å². The Balaban J connectivity index is 1.43. The molecule has 0 unspecified atom stereocenters. The van der Waals surface area contributed by atoms with Crippen molar-refractivity contribution in [2.45, 2.75) is 26.2 Å². The van der Waals surface area contributed by atoms with Crippen LogP contribution in [0, 0.1) is 5.92 Å². The van der Waals surface area contributed by atoms with E-state index in [9.17, 15) is 4.79 Å². The number of anilines is 2. The average Bonchev–Trinajstić information content (AvgIpc) is 2.82. The summed E-state index contributed by atoms with van der Waals surface area (Å²) in [5, 5.41) is 7.27. The van der Waals surface area contributed by atoms with E-state index in [0.717, 1.165) is 41.2 Å². The van der Waals surface area contributed by atoms with E-state index in [2.05, 4.69) is 22.5 Å². The zero-order chi connectivity index (χ0) is 22.3. The van der Waals surface area contributed by atoms with Gasteiger partial charge in [-0.1, -0.05) is 25.1 Å². The van der Waals surface area contributed by atoms with Crippen molar-refractivity contribution in [1.29, 1.82) is 0 Å². The molecule has 32 heavy (non-hydrogen) atoms. The molecule has 1 aromatic heterocycles. The quantitative estimate of drug-likeness (QED) is 0.499. The molecular formula is C26H32N4O2.